The van der Waals surface area contributed by atoms with Gasteiger partial charge in [-0.15, -0.1) is 0 Å². The highest BCUT2D eigenvalue weighted by molar-refractivity contribution is 6.38. The van der Waals surface area contributed by atoms with Crippen molar-refractivity contribution in [2.24, 2.45) is 0 Å². The van der Waals surface area contributed by atoms with Gasteiger partial charge in [0.2, 0.25) is 0 Å². The van der Waals surface area contributed by atoms with Gasteiger partial charge in [0, 0.05) is 6.54 Å². The molecule has 0 fully saturated rings. The molecule has 0 aliphatic carbocycles. The monoisotopic (exact) mass is 313 g/mol. The summed E-state index contributed by atoms with van der Waals surface area (Å²) in [6.45, 7) is 4.20. The topological polar surface area (TPSA) is 37.8 Å². The molecule has 1 aromatic carbocycles. The molecule has 0 radical (unpaired) electrons. The van der Waals surface area contributed by atoms with Crippen molar-refractivity contribution in [3.05, 3.63) is 39.8 Å². The zero-order valence-corrected chi connectivity index (χ0v) is 12.7. The first kappa shape index (κ1) is 15.0. The number of halogens is 3. The third-order valence-corrected chi connectivity index (χ3v) is 3.38. The van der Waals surface area contributed by atoms with E-state index >= 15 is 0 Å². The summed E-state index contributed by atoms with van der Waals surface area (Å²) in [6, 6.07) is 5.13. The lowest BCUT2D eigenvalue weighted by atomic mass is 10.2. The van der Waals surface area contributed by atoms with Crippen LogP contribution in [0.4, 0.5) is 10.2 Å². The van der Waals surface area contributed by atoms with E-state index in [4.69, 9.17) is 23.2 Å². The summed E-state index contributed by atoms with van der Waals surface area (Å²) in [7, 11) is 0. The Morgan fingerprint density at radius 3 is 2.45 bits per heavy atom. The summed E-state index contributed by atoms with van der Waals surface area (Å²) in [5, 5.41) is 3.81. The van der Waals surface area contributed by atoms with Gasteiger partial charge in [-0.25, -0.2) is 14.4 Å². The van der Waals surface area contributed by atoms with Crippen LogP contribution in [0.1, 0.15) is 19.0 Å². The summed E-state index contributed by atoms with van der Waals surface area (Å²) in [5.41, 5.74) is 0.767. The van der Waals surface area contributed by atoms with E-state index in [1.807, 2.05) is 6.92 Å². The predicted octanol–water partition coefficient (Wildman–Crippen LogP) is 4.72. The molecule has 1 N–H and O–H groups in total. The van der Waals surface area contributed by atoms with E-state index in [9.17, 15) is 4.39 Å². The van der Waals surface area contributed by atoms with Crippen molar-refractivity contribution in [1.82, 2.24) is 9.97 Å². The third-order valence-electron chi connectivity index (χ3n) is 2.75. The fourth-order valence-electron chi connectivity index (χ4n) is 1.74. The quantitative estimate of drug-likeness (QED) is 0.887. The molecule has 2 rings (SSSR count). The fourth-order valence-corrected chi connectivity index (χ4v) is 2.31. The minimum atomic E-state index is -0.453. The second-order valence-electron chi connectivity index (χ2n) is 4.32. The third kappa shape index (κ3) is 3.02. The lowest BCUT2D eigenvalue weighted by Crippen LogP contribution is -2.08. The number of hydrogen-bond donors (Lipinski definition) is 1. The minimum absolute atomic E-state index is 0.172. The molecule has 20 heavy (non-hydrogen) atoms. The molecule has 0 atom stereocenters. The Bertz CT molecular complexity index is 612. The molecule has 0 saturated heterocycles. The fraction of sp³-hybridized carbons (Fsp3) is 0.286. The molecule has 0 unspecified atom stereocenters. The lowest BCUT2D eigenvalue weighted by Gasteiger charge is -2.11. The molecule has 1 aromatic heterocycles. The van der Waals surface area contributed by atoms with Gasteiger partial charge in [0.15, 0.2) is 17.5 Å². The summed E-state index contributed by atoms with van der Waals surface area (Å²) >= 11 is 12.3. The van der Waals surface area contributed by atoms with Crippen molar-refractivity contribution >= 4 is 29.0 Å². The smallest absolute Gasteiger partial charge is 0.186 e. The van der Waals surface area contributed by atoms with Crippen LogP contribution in [0.3, 0.4) is 0 Å². The van der Waals surface area contributed by atoms with Gasteiger partial charge in [0.1, 0.15) is 0 Å². The normalized spacial score (nSPS) is 10.7. The van der Waals surface area contributed by atoms with E-state index in [-0.39, 0.29) is 11.5 Å². The molecule has 0 amide bonds. The maximum absolute atomic E-state index is 14.0. The first-order valence-corrected chi connectivity index (χ1v) is 7.02. The van der Waals surface area contributed by atoms with Crippen LogP contribution in [0.5, 0.6) is 0 Å². The molecule has 1 heterocycles. The van der Waals surface area contributed by atoms with Crippen molar-refractivity contribution in [2.75, 3.05) is 11.9 Å². The highest BCUT2D eigenvalue weighted by Gasteiger charge is 2.16. The molecule has 0 aliphatic rings. The van der Waals surface area contributed by atoms with Crippen molar-refractivity contribution in [3.63, 3.8) is 0 Å². The van der Waals surface area contributed by atoms with E-state index < -0.39 is 5.82 Å². The summed E-state index contributed by atoms with van der Waals surface area (Å²) in [6.07, 6.45) is 0.866. The number of aryl methyl sites for hydroxylation is 1. The largest absolute Gasteiger partial charge is 0.368 e. The van der Waals surface area contributed by atoms with Crippen LogP contribution in [0.15, 0.2) is 18.2 Å². The Labute approximate surface area is 127 Å². The number of nitrogens with one attached hydrogen (secondary N) is 1. The van der Waals surface area contributed by atoms with Crippen LogP contribution in [0, 0.1) is 12.7 Å². The van der Waals surface area contributed by atoms with Crippen LogP contribution in [-0.4, -0.2) is 16.5 Å². The van der Waals surface area contributed by atoms with Crippen molar-refractivity contribution in [3.8, 4) is 11.4 Å². The SMILES string of the molecule is CCCNc1nc(-c2c(Cl)cccc2Cl)nc(C)c1F. The van der Waals surface area contributed by atoms with E-state index in [1.54, 1.807) is 25.1 Å². The summed E-state index contributed by atoms with van der Waals surface area (Å²) < 4.78 is 14.0. The van der Waals surface area contributed by atoms with Crippen LogP contribution in [-0.2, 0) is 0 Å². The molecule has 3 nitrogen and oxygen atoms in total. The number of rotatable bonds is 4. The second kappa shape index (κ2) is 6.37. The van der Waals surface area contributed by atoms with Crippen LogP contribution in [0.25, 0.3) is 11.4 Å². The van der Waals surface area contributed by atoms with Crippen molar-refractivity contribution in [1.29, 1.82) is 0 Å². The first-order valence-electron chi connectivity index (χ1n) is 6.27. The Hall–Kier alpha value is -1.39. The maximum Gasteiger partial charge on any atom is 0.186 e. The Kier molecular flexibility index (Phi) is 4.78. The molecule has 0 bridgehead atoms. The van der Waals surface area contributed by atoms with Crippen molar-refractivity contribution in [2.45, 2.75) is 20.3 Å². The zero-order chi connectivity index (χ0) is 14.7. The second-order valence-corrected chi connectivity index (χ2v) is 5.13. The Morgan fingerprint density at radius 1 is 1.20 bits per heavy atom. The average molecular weight is 314 g/mol. The van der Waals surface area contributed by atoms with Gasteiger partial charge in [-0.3, -0.25) is 0 Å². The number of hydrogen-bond acceptors (Lipinski definition) is 3. The first-order chi connectivity index (χ1) is 9.54. The molecule has 0 spiro atoms. The lowest BCUT2D eigenvalue weighted by molar-refractivity contribution is 0.605. The molecular weight excluding hydrogens is 300 g/mol. The molecule has 6 heteroatoms. The molecule has 0 saturated carbocycles. The number of aromatic nitrogens is 2. The number of anilines is 1. The van der Waals surface area contributed by atoms with Gasteiger partial charge in [-0.2, -0.15) is 0 Å². The van der Waals surface area contributed by atoms with Gasteiger partial charge in [-0.1, -0.05) is 36.2 Å². The zero-order valence-electron chi connectivity index (χ0n) is 11.2. The molecule has 0 aliphatic heterocycles. The highest BCUT2D eigenvalue weighted by Crippen LogP contribution is 2.33. The van der Waals surface area contributed by atoms with E-state index in [0.29, 0.717) is 28.0 Å². The summed E-state index contributed by atoms with van der Waals surface area (Å²) in [4.78, 5) is 8.33. The van der Waals surface area contributed by atoms with E-state index in [1.165, 1.54) is 0 Å². The molecule has 106 valence electrons. The predicted molar refractivity (Wildman–Crippen MR) is 81.0 cm³/mol. The van der Waals surface area contributed by atoms with Gasteiger partial charge in [0.25, 0.3) is 0 Å². The average Bonchev–Trinajstić information content (AvgIpc) is 2.40. The molecule has 2 aromatic rings. The van der Waals surface area contributed by atoms with Gasteiger partial charge in [0.05, 0.1) is 21.3 Å². The maximum atomic E-state index is 14.0. The van der Waals surface area contributed by atoms with E-state index in [2.05, 4.69) is 15.3 Å². The molecular formula is C14H14Cl2FN3. The highest BCUT2D eigenvalue weighted by atomic mass is 35.5. The summed E-state index contributed by atoms with van der Waals surface area (Å²) in [5.74, 6) is 0.0359. The Balaban J connectivity index is 2.55. The van der Waals surface area contributed by atoms with Gasteiger partial charge in [-0.05, 0) is 25.5 Å². The van der Waals surface area contributed by atoms with Gasteiger partial charge < -0.3 is 5.32 Å². The van der Waals surface area contributed by atoms with Crippen LogP contribution < -0.4 is 5.32 Å². The minimum Gasteiger partial charge on any atom is -0.368 e. The number of nitrogens with zero attached hydrogens (tertiary/aromatic N) is 2. The van der Waals surface area contributed by atoms with Gasteiger partial charge >= 0.3 is 0 Å². The number of benzene rings is 1. The van der Waals surface area contributed by atoms with E-state index in [0.717, 1.165) is 6.42 Å². The van der Waals surface area contributed by atoms with Crippen molar-refractivity contribution < 1.29 is 4.39 Å². The standard InChI is InChI=1S/C14H14Cl2FN3/c1-3-7-18-14-12(17)8(2)19-13(20-14)11-9(15)5-4-6-10(11)16/h4-6H,3,7H2,1-2H3,(H,18,19,20). The Morgan fingerprint density at radius 2 is 1.85 bits per heavy atom. The van der Waals surface area contributed by atoms with Crippen LogP contribution in [0.2, 0.25) is 10.0 Å². The van der Waals surface area contributed by atoms with Crippen LogP contribution >= 0.6 is 23.2 Å².